The highest BCUT2D eigenvalue weighted by molar-refractivity contribution is 5.76. The van der Waals surface area contributed by atoms with Crippen molar-refractivity contribution < 1.29 is 19.4 Å². The predicted molar refractivity (Wildman–Crippen MR) is 140 cm³/mol. The van der Waals surface area contributed by atoms with Gasteiger partial charge in [-0.1, -0.05) is 53.9 Å². The van der Waals surface area contributed by atoms with Crippen LogP contribution in [0.2, 0.25) is 0 Å². The van der Waals surface area contributed by atoms with Gasteiger partial charge >= 0.3 is 11.9 Å². The van der Waals surface area contributed by atoms with Crippen LogP contribution in [0.3, 0.4) is 0 Å². The maximum atomic E-state index is 12.1. The summed E-state index contributed by atoms with van der Waals surface area (Å²) in [5.41, 5.74) is 0.924. The van der Waals surface area contributed by atoms with Crippen molar-refractivity contribution in [2.75, 3.05) is 0 Å². The first-order valence-electron chi connectivity index (χ1n) is 15.0. The summed E-state index contributed by atoms with van der Waals surface area (Å²) in [7, 11) is 0. The minimum absolute atomic E-state index is 0.00418. The summed E-state index contributed by atoms with van der Waals surface area (Å²) in [4.78, 5) is 22.9. The number of carbonyl (C=O) groups excluding carboxylic acids is 1. The van der Waals surface area contributed by atoms with E-state index < -0.39 is 5.97 Å². The van der Waals surface area contributed by atoms with E-state index in [2.05, 4.69) is 34.6 Å². The lowest BCUT2D eigenvalue weighted by molar-refractivity contribution is -0.164. The topological polar surface area (TPSA) is 63.6 Å². The second-order valence-corrected chi connectivity index (χ2v) is 14.0. The van der Waals surface area contributed by atoms with E-state index in [1.807, 2.05) is 0 Å². The highest BCUT2D eigenvalue weighted by Gasteiger charge is 2.60. The number of esters is 1. The van der Waals surface area contributed by atoms with Crippen LogP contribution in [0.5, 0.6) is 0 Å². The second kappa shape index (κ2) is 10.7. The third-order valence-electron chi connectivity index (χ3n) is 11.7. The Hall–Kier alpha value is -1.06. The van der Waals surface area contributed by atoms with E-state index >= 15 is 0 Å². The monoisotopic (exact) mass is 488 g/mol. The average molecular weight is 489 g/mol. The highest BCUT2D eigenvalue weighted by atomic mass is 16.5. The Balaban J connectivity index is 1.37. The van der Waals surface area contributed by atoms with E-state index in [4.69, 9.17) is 9.84 Å². The maximum absolute atomic E-state index is 12.1. The fourth-order valence-electron chi connectivity index (χ4n) is 9.80. The van der Waals surface area contributed by atoms with Crippen molar-refractivity contribution in [3.05, 3.63) is 0 Å². The largest absolute Gasteiger partial charge is 0.481 e. The van der Waals surface area contributed by atoms with Crippen LogP contribution >= 0.6 is 0 Å². The molecule has 4 fully saturated rings. The SMILES string of the molecule is CC(C)CCC[C@@H](C)[C@H]1CC[C@H]2[C@@H]3CCC4CC(OC(=O)CCC(=O)O)CC[C@]4(C)[C@H]3CC[C@]12C. The number of aliphatic carboxylic acids is 1. The number of ether oxygens (including phenoxy) is 1. The first-order chi connectivity index (χ1) is 16.5. The van der Waals surface area contributed by atoms with Gasteiger partial charge in [-0.2, -0.15) is 0 Å². The van der Waals surface area contributed by atoms with Crippen molar-refractivity contribution in [3.63, 3.8) is 0 Å². The summed E-state index contributed by atoms with van der Waals surface area (Å²) in [6.45, 7) is 12.5. The van der Waals surface area contributed by atoms with Gasteiger partial charge in [0, 0.05) is 0 Å². The van der Waals surface area contributed by atoms with Gasteiger partial charge in [0.25, 0.3) is 0 Å². The molecule has 0 radical (unpaired) electrons. The van der Waals surface area contributed by atoms with Gasteiger partial charge in [-0.15, -0.1) is 0 Å². The van der Waals surface area contributed by atoms with E-state index in [-0.39, 0.29) is 24.9 Å². The number of carbonyl (C=O) groups is 2. The van der Waals surface area contributed by atoms with Gasteiger partial charge in [0.1, 0.15) is 6.10 Å². The number of carboxylic acids is 1. The summed E-state index contributed by atoms with van der Waals surface area (Å²) in [5, 5.41) is 8.85. The summed E-state index contributed by atoms with van der Waals surface area (Å²) < 4.78 is 5.74. The minimum Gasteiger partial charge on any atom is -0.481 e. The Labute approximate surface area is 214 Å². The third-order valence-corrected chi connectivity index (χ3v) is 11.7. The Morgan fingerprint density at radius 1 is 0.886 bits per heavy atom. The molecule has 200 valence electrons. The Morgan fingerprint density at radius 3 is 2.31 bits per heavy atom. The molecule has 1 N–H and O–H groups in total. The molecule has 0 bridgehead atoms. The zero-order valence-electron chi connectivity index (χ0n) is 23.2. The Kier molecular flexibility index (Phi) is 8.28. The van der Waals surface area contributed by atoms with Gasteiger partial charge in [-0.05, 0) is 110 Å². The molecule has 4 aliphatic carbocycles. The third kappa shape index (κ3) is 5.47. The summed E-state index contributed by atoms with van der Waals surface area (Å²) >= 11 is 0. The standard InChI is InChI=1S/C31H52O4/c1-20(2)7-6-8-21(3)25-11-12-26-24-10-9-22-19-23(35-29(34)14-13-28(32)33)15-17-30(22,4)27(24)16-18-31(25,26)5/h20-27H,6-19H2,1-5H3,(H,32,33)/t21-,22?,23?,24+,25-,26+,27+,30+,31-/m1/s1. The second-order valence-electron chi connectivity index (χ2n) is 14.0. The quantitative estimate of drug-likeness (QED) is 0.335. The summed E-state index contributed by atoms with van der Waals surface area (Å²) in [6.07, 6.45) is 15.5. The van der Waals surface area contributed by atoms with Gasteiger partial charge in [0.05, 0.1) is 12.8 Å². The van der Waals surface area contributed by atoms with E-state index in [9.17, 15) is 9.59 Å². The zero-order valence-corrected chi connectivity index (χ0v) is 23.2. The fourth-order valence-corrected chi connectivity index (χ4v) is 9.80. The van der Waals surface area contributed by atoms with Gasteiger partial charge in [0.2, 0.25) is 0 Å². The molecule has 4 heteroatoms. The molecule has 0 amide bonds. The van der Waals surface area contributed by atoms with Crippen LogP contribution in [0.25, 0.3) is 0 Å². The molecule has 4 nitrogen and oxygen atoms in total. The molecule has 4 aliphatic rings. The lowest BCUT2D eigenvalue weighted by Gasteiger charge is -2.61. The molecule has 0 heterocycles. The van der Waals surface area contributed by atoms with E-state index in [1.54, 1.807) is 0 Å². The van der Waals surface area contributed by atoms with Gasteiger partial charge in [0.15, 0.2) is 0 Å². The van der Waals surface area contributed by atoms with Crippen molar-refractivity contribution in [3.8, 4) is 0 Å². The van der Waals surface area contributed by atoms with Gasteiger partial charge < -0.3 is 9.84 Å². The van der Waals surface area contributed by atoms with Crippen LogP contribution in [0, 0.1) is 52.3 Å². The lowest BCUT2D eigenvalue weighted by Crippen LogP contribution is -2.54. The van der Waals surface area contributed by atoms with Crippen LogP contribution in [0.4, 0.5) is 0 Å². The molecule has 4 saturated carbocycles. The molecule has 9 atom stereocenters. The molecule has 0 spiro atoms. The van der Waals surface area contributed by atoms with E-state index in [0.29, 0.717) is 16.7 Å². The molecule has 0 aromatic rings. The van der Waals surface area contributed by atoms with Crippen LogP contribution < -0.4 is 0 Å². The zero-order chi connectivity index (χ0) is 25.4. The molecule has 0 aromatic carbocycles. The molecule has 35 heavy (non-hydrogen) atoms. The van der Waals surface area contributed by atoms with Crippen LogP contribution in [-0.4, -0.2) is 23.1 Å². The van der Waals surface area contributed by atoms with E-state index in [0.717, 1.165) is 54.8 Å². The normalized spacial score (nSPS) is 41.5. The Bertz CT molecular complexity index is 761. The van der Waals surface area contributed by atoms with Crippen molar-refractivity contribution in [1.82, 2.24) is 0 Å². The smallest absolute Gasteiger partial charge is 0.306 e. The number of rotatable bonds is 9. The molecule has 0 aromatic heterocycles. The van der Waals surface area contributed by atoms with Crippen molar-refractivity contribution in [2.45, 2.75) is 131 Å². The average Bonchev–Trinajstić information content (AvgIpc) is 3.15. The number of carboxylic acid groups (broad SMARTS) is 1. The van der Waals surface area contributed by atoms with Crippen LogP contribution in [-0.2, 0) is 14.3 Å². The molecule has 4 rings (SSSR count). The van der Waals surface area contributed by atoms with Crippen LogP contribution in [0.1, 0.15) is 125 Å². The minimum atomic E-state index is -0.931. The fraction of sp³-hybridized carbons (Fsp3) is 0.935. The lowest BCUT2D eigenvalue weighted by atomic mass is 9.44. The number of fused-ring (bicyclic) bond motifs is 5. The highest BCUT2D eigenvalue weighted by Crippen LogP contribution is 2.68. The van der Waals surface area contributed by atoms with Crippen molar-refractivity contribution in [2.24, 2.45) is 52.3 Å². The predicted octanol–water partition coefficient (Wildman–Crippen LogP) is 7.88. The van der Waals surface area contributed by atoms with Crippen molar-refractivity contribution >= 4 is 11.9 Å². The first-order valence-corrected chi connectivity index (χ1v) is 15.0. The summed E-state index contributed by atoms with van der Waals surface area (Å²) in [6, 6.07) is 0. The van der Waals surface area contributed by atoms with Gasteiger partial charge in [-0.25, -0.2) is 0 Å². The molecule has 2 unspecified atom stereocenters. The van der Waals surface area contributed by atoms with Gasteiger partial charge in [-0.3, -0.25) is 9.59 Å². The number of hydrogen-bond acceptors (Lipinski definition) is 3. The summed E-state index contributed by atoms with van der Waals surface area (Å²) in [5.74, 6) is 4.60. The van der Waals surface area contributed by atoms with Crippen molar-refractivity contribution in [1.29, 1.82) is 0 Å². The van der Waals surface area contributed by atoms with E-state index in [1.165, 1.54) is 57.8 Å². The molecule has 0 saturated heterocycles. The molecule has 0 aliphatic heterocycles. The molecular weight excluding hydrogens is 436 g/mol. The van der Waals surface area contributed by atoms with Crippen LogP contribution in [0.15, 0.2) is 0 Å². The maximum Gasteiger partial charge on any atom is 0.306 e. The first kappa shape index (κ1) is 27.0. The Morgan fingerprint density at radius 2 is 1.60 bits per heavy atom. The molecular formula is C31H52O4. The number of hydrogen-bond donors (Lipinski definition) is 1.